The van der Waals surface area contributed by atoms with E-state index in [1.54, 1.807) is 0 Å². The van der Waals surface area contributed by atoms with Crippen LogP contribution >= 0.6 is 11.6 Å². The molecule has 1 aliphatic carbocycles. The summed E-state index contributed by atoms with van der Waals surface area (Å²) in [7, 11) is 0. The van der Waals surface area contributed by atoms with Gasteiger partial charge in [-0.3, -0.25) is 0 Å². The number of aliphatic hydroxyl groups is 1. The molecular weight excluding hydrogens is 208 g/mol. The summed E-state index contributed by atoms with van der Waals surface area (Å²) in [5, 5.41) is 10.8. The van der Waals surface area contributed by atoms with E-state index in [0.717, 1.165) is 28.5 Å². The lowest BCUT2D eigenvalue weighted by Gasteiger charge is -2.27. The summed E-state index contributed by atoms with van der Waals surface area (Å²) in [6, 6.07) is 5.79. The van der Waals surface area contributed by atoms with Crippen molar-refractivity contribution in [3.8, 4) is 0 Å². The second kappa shape index (κ2) is 4.54. The van der Waals surface area contributed by atoms with Gasteiger partial charge in [-0.25, -0.2) is 0 Å². The summed E-state index contributed by atoms with van der Waals surface area (Å²) in [5.74, 6) is 0.732. The lowest BCUT2D eigenvalue weighted by molar-refractivity contribution is 0.118. The molecule has 1 nitrogen and oxygen atoms in total. The summed E-state index contributed by atoms with van der Waals surface area (Å²) in [6.45, 7) is 1.97. The van der Waals surface area contributed by atoms with Crippen molar-refractivity contribution in [3.05, 3.63) is 34.3 Å². The standard InChI is InChI=1S/C13H17ClO/c1-9-7-11(5-6-12(9)14)13(15)8-10-3-2-4-10/h5-7,10,13,15H,2-4,8H2,1H3. The van der Waals surface area contributed by atoms with Crippen molar-refractivity contribution < 1.29 is 5.11 Å². The van der Waals surface area contributed by atoms with Gasteiger partial charge in [0.25, 0.3) is 0 Å². The van der Waals surface area contributed by atoms with E-state index in [2.05, 4.69) is 0 Å². The molecule has 1 fully saturated rings. The van der Waals surface area contributed by atoms with Gasteiger partial charge in [-0.05, 0) is 36.5 Å². The molecule has 0 amide bonds. The summed E-state index contributed by atoms with van der Waals surface area (Å²) < 4.78 is 0. The molecule has 0 bridgehead atoms. The van der Waals surface area contributed by atoms with Crippen molar-refractivity contribution in [2.45, 2.75) is 38.7 Å². The topological polar surface area (TPSA) is 20.2 Å². The van der Waals surface area contributed by atoms with Crippen molar-refractivity contribution in [2.75, 3.05) is 0 Å². The van der Waals surface area contributed by atoms with E-state index < -0.39 is 0 Å². The number of aliphatic hydroxyl groups excluding tert-OH is 1. The molecule has 2 heteroatoms. The number of halogens is 1. The maximum atomic E-state index is 10.0. The van der Waals surface area contributed by atoms with E-state index in [4.69, 9.17) is 11.6 Å². The van der Waals surface area contributed by atoms with Gasteiger partial charge in [-0.1, -0.05) is 43.0 Å². The predicted octanol–water partition coefficient (Wildman–Crippen LogP) is 3.87. The van der Waals surface area contributed by atoms with Crippen LogP contribution in [-0.2, 0) is 0 Å². The average molecular weight is 225 g/mol. The molecule has 0 heterocycles. The third-order valence-electron chi connectivity index (χ3n) is 3.35. The lowest BCUT2D eigenvalue weighted by Crippen LogP contribution is -2.14. The zero-order chi connectivity index (χ0) is 10.8. The molecule has 0 spiro atoms. The van der Waals surface area contributed by atoms with Gasteiger partial charge in [0, 0.05) is 5.02 Å². The molecule has 15 heavy (non-hydrogen) atoms. The number of hydrogen-bond donors (Lipinski definition) is 1. The van der Waals surface area contributed by atoms with Crippen LogP contribution in [0.4, 0.5) is 0 Å². The van der Waals surface area contributed by atoms with Crippen molar-refractivity contribution in [1.29, 1.82) is 0 Å². The Labute approximate surface area is 96.1 Å². The van der Waals surface area contributed by atoms with E-state index in [-0.39, 0.29) is 6.10 Å². The van der Waals surface area contributed by atoms with E-state index >= 15 is 0 Å². The van der Waals surface area contributed by atoms with E-state index in [1.807, 2.05) is 25.1 Å². The van der Waals surface area contributed by atoms with Gasteiger partial charge in [0.1, 0.15) is 0 Å². The van der Waals surface area contributed by atoms with Crippen LogP contribution in [0.5, 0.6) is 0 Å². The zero-order valence-electron chi connectivity index (χ0n) is 9.04. The van der Waals surface area contributed by atoms with Crippen LogP contribution < -0.4 is 0 Å². The highest BCUT2D eigenvalue weighted by Crippen LogP contribution is 2.35. The fraction of sp³-hybridized carbons (Fsp3) is 0.538. The maximum absolute atomic E-state index is 10.0. The second-order valence-electron chi connectivity index (χ2n) is 4.56. The molecule has 1 aromatic carbocycles. The number of rotatable bonds is 3. The molecule has 0 radical (unpaired) electrons. The van der Waals surface area contributed by atoms with Gasteiger partial charge in [0.15, 0.2) is 0 Å². The molecule has 2 rings (SSSR count). The van der Waals surface area contributed by atoms with Gasteiger partial charge in [-0.2, -0.15) is 0 Å². The first-order valence-corrected chi connectivity index (χ1v) is 5.98. The van der Waals surface area contributed by atoms with Gasteiger partial charge in [0.2, 0.25) is 0 Å². The van der Waals surface area contributed by atoms with Crippen molar-refractivity contribution in [2.24, 2.45) is 5.92 Å². The molecule has 0 aliphatic heterocycles. The maximum Gasteiger partial charge on any atom is 0.0792 e. The van der Waals surface area contributed by atoms with Gasteiger partial charge >= 0.3 is 0 Å². The minimum atomic E-state index is -0.314. The monoisotopic (exact) mass is 224 g/mol. The third kappa shape index (κ3) is 2.53. The average Bonchev–Trinajstić information content (AvgIpc) is 2.15. The Kier molecular flexibility index (Phi) is 3.32. The first-order valence-electron chi connectivity index (χ1n) is 5.61. The van der Waals surface area contributed by atoms with Gasteiger partial charge < -0.3 is 5.11 Å². The van der Waals surface area contributed by atoms with Crippen LogP contribution in [0, 0.1) is 12.8 Å². The summed E-state index contributed by atoms with van der Waals surface area (Å²) in [4.78, 5) is 0. The van der Waals surface area contributed by atoms with Crippen LogP contribution in [-0.4, -0.2) is 5.11 Å². The second-order valence-corrected chi connectivity index (χ2v) is 4.96. The van der Waals surface area contributed by atoms with Crippen molar-refractivity contribution >= 4 is 11.6 Å². The summed E-state index contributed by atoms with van der Waals surface area (Å²) >= 11 is 5.95. The number of benzene rings is 1. The molecule has 1 saturated carbocycles. The first-order chi connectivity index (χ1) is 7.16. The van der Waals surface area contributed by atoms with Crippen LogP contribution in [0.3, 0.4) is 0 Å². The highest BCUT2D eigenvalue weighted by molar-refractivity contribution is 6.31. The molecule has 0 saturated heterocycles. The largest absolute Gasteiger partial charge is 0.388 e. The smallest absolute Gasteiger partial charge is 0.0792 e. The van der Waals surface area contributed by atoms with Gasteiger partial charge in [-0.15, -0.1) is 0 Å². The Morgan fingerprint density at radius 1 is 1.47 bits per heavy atom. The predicted molar refractivity (Wildman–Crippen MR) is 63.1 cm³/mol. The highest BCUT2D eigenvalue weighted by Gasteiger charge is 2.21. The van der Waals surface area contributed by atoms with Crippen LogP contribution in [0.1, 0.15) is 42.9 Å². The molecule has 0 aromatic heterocycles. The Balaban J connectivity index is 2.03. The molecule has 1 N–H and O–H groups in total. The van der Waals surface area contributed by atoms with Gasteiger partial charge in [0.05, 0.1) is 6.10 Å². The minimum absolute atomic E-state index is 0.314. The zero-order valence-corrected chi connectivity index (χ0v) is 9.80. The lowest BCUT2D eigenvalue weighted by atomic mass is 9.80. The summed E-state index contributed by atoms with van der Waals surface area (Å²) in [5.41, 5.74) is 2.05. The first kappa shape index (κ1) is 11.0. The highest BCUT2D eigenvalue weighted by atomic mass is 35.5. The Morgan fingerprint density at radius 3 is 2.73 bits per heavy atom. The number of hydrogen-bond acceptors (Lipinski definition) is 1. The fourth-order valence-electron chi connectivity index (χ4n) is 2.06. The quantitative estimate of drug-likeness (QED) is 0.827. The fourth-order valence-corrected chi connectivity index (χ4v) is 2.17. The third-order valence-corrected chi connectivity index (χ3v) is 3.77. The van der Waals surface area contributed by atoms with Crippen molar-refractivity contribution in [1.82, 2.24) is 0 Å². The molecule has 1 aromatic rings. The Bertz CT molecular complexity index is 344. The normalized spacial score (nSPS) is 18.6. The van der Waals surface area contributed by atoms with E-state index in [0.29, 0.717) is 0 Å². The summed E-state index contributed by atoms with van der Waals surface area (Å²) in [6.07, 6.45) is 4.48. The molecule has 1 unspecified atom stereocenters. The van der Waals surface area contributed by atoms with Crippen LogP contribution in [0.25, 0.3) is 0 Å². The van der Waals surface area contributed by atoms with Crippen LogP contribution in [0.15, 0.2) is 18.2 Å². The minimum Gasteiger partial charge on any atom is -0.388 e. The molecule has 82 valence electrons. The number of aryl methyl sites for hydroxylation is 1. The Morgan fingerprint density at radius 2 is 2.20 bits per heavy atom. The molecular formula is C13H17ClO. The SMILES string of the molecule is Cc1cc(C(O)CC2CCC2)ccc1Cl. The van der Waals surface area contributed by atoms with Crippen molar-refractivity contribution in [3.63, 3.8) is 0 Å². The van der Waals surface area contributed by atoms with E-state index in [9.17, 15) is 5.11 Å². The molecule has 1 aliphatic rings. The molecule has 1 atom stereocenters. The van der Waals surface area contributed by atoms with E-state index in [1.165, 1.54) is 19.3 Å². The Hall–Kier alpha value is -0.530. The van der Waals surface area contributed by atoms with Crippen LogP contribution in [0.2, 0.25) is 5.02 Å².